The largest absolute Gasteiger partial charge is 0.424 e. The molecular weight excluding hydrogens is 356 g/mol. The molecule has 0 aliphatic heterocycles. The average molecular weight is 380 g/mol. The molecule has 0 atom stereocenters. The summed E-state index contributed by atoms with van der Waals surface area (Å²) in [6, 6.07) is 7.02. The smallest absolute Gasteiger partial charge is 0.322 e. The second-order valence-electron chi connectivity index (χ2n) is 5.69. The molecule has 1 aromatic carbocycles. The summed E-state index contributed by atoms with van der Waals surface area (Å²) in [6.07, 6.45) is 5.95. The molecule has 0 saturated heterocycles. The summed E-state index contributed by atoms with van der Waals surface area (Å²) >= 11 is 0. The maximum atomic E-state index is 11.8. The highest BCUT2D eigenvalue weighted by Crippen LogP contribution is 2.26. The van der Waals surface area contributed by atoms with Gasteiger partial charge in [0.15, 0.2) is 0 Å². The van der Waals surface area contributed by atoms with Crippen LogP contribution in [0.25, 0.3) is 5.57 Å². The lowest BCUT2D eigenvalue weighted by Gasteiger charge is -2.11. The first-order chi connectivity index (χ1) is 13.5. The van der Waals surface area contributed by atoms with E-state index in [9.17, 15) is 4.79 Å². The standard InChI is InChI=1S/C20H22N6O2.H2/c1-4-14(12-23-5-2)17-8-9-24-20(26-17)28-18-10-15(7-6-13(18)3)25-19(27)16(22)11-21;/h4,6-12,21-22H,5H2,1-3H3,(H,25,27);1H/b14-4+,21-11?,22-16?,23-12?;. The average Bonchev–Trinajstić information content (AvgIpc) is 2.70. The van der Waals surface area contributed by atoms with Crippen LogP contribution in [0.4, 0.5) is 5.69 Å². The van der Waals surface area contributed by atoms with Crippen LogP contribution in [0.1, 0.15) is 26.5 Å². The zero-order valence-corrected chi connectivity index (χ0v) is 16.0. The van der Waals surface area contributed by atoms with Gasteiger partial charge in [-0.2, -0.15) is 4.98 Å². The van der Waals surface area contributed by atoms with Crippen molar-refractivity contribution in [3.63, 3.8) is 0 Å². The molecule has 28 heavy (non-hydrogen) atoms. The maximum Gasteiger partial charge on any atom is 0.322 e. The molecule has 2 aromatic rings. The Bertz CT molecular complexity index is 956. The molecule has 3 N–H and O–H groups in total. The highest BCUT2D eigenvalue weighted by Gasteiger charge is 2.11. The number of hydrogen-bond donors (Lipinski definition) is 3. The van der Waals surface area contributed by atoms with Crippen molar-refractivity contribution in [1.82, 2.24) is 9.97 Å². The lowest BCUT2D eigenvalue weighted by atomic mass is 10.2. The van der Waals surface area contributed by atoms with Gasteiger partial charge in [-0.05, 0) is 38.5 Å². The van der Waals surface area contributed by atoms with Crippen molar-refractivity contribution >= 4 is 35.3 Å². The number of ether oxygens (including phenoxy) is 1. The molecular formula is C20H24N6O2. The summed E-state index contributed by atoms with van der Waals surface area (Å²) in [7, 11) is 0. The minimum absolute atomic E-state index is 0. The summed E-state index contributed by atoms with van der Waals surface area (Å²) in [5.74, 6) is -0.198. The Labute approximate surface area is 164 Å². The number of nitrogens with zero attached hydrogens (tertiary/aromatic N) is 3. The van der Waals surface area contributed by atoms with Gasteiger partial charge in [0.05, 0.1) is 5.69 Å². The molecule has 0 aliphatic rings. The zero-order valence-electron chi connectivity index (χ0n) is 16.0. The predicted molar refractivity (Wildman–Crippen MR) is 113 cm³/mol. The number of allylic oxidation sites excluding steroid dienone is 2. The topological polar surface area (TPSA) is 124 Å². The molecule has 8 heteroatoms. The van der Waals surface area contributed by atoms with Crippen LogP contribution in [0.3, 0.4) is 0 Å². The second kappa shape index (κ2) is 9.86. The summed E-state index contributed by atoms with van der Waals surface area (Å²) in [4.78, 5) is 24.6. The first kappa shape index (κ1) is 20.6. The Morgan fingerprint density at radius 1 is 1.39 bits per heavy atom. The Morgan fingerprint density at radius 2 is 2.18 bits per heavy atom. The van der Waals surface area contributed by atoms with E-state index >= 15 is 0 Å². The van der Waals surface area contributed by atoms with Gasteiger partial charge in [0.25, 0.3) is 5.91 Å². The number of hydrogen-bond acceptors (Lipinski definition) is 7. The number of carbonyl (C=O) groups is 1. The van der Waals surface area contributed by atoms with E-state index in [1.165, 1.54) is 0 Å². The van der Waals surface area contributed by atoms with Gasteiger partial charge in [0.1, 0.15) is 11.5 Å². The number of aromatic nitrogens is 2. The molecule has 2 rings (SSSR count). The van der Waals surface area contributed by atoms with Crippen molar-refractivity contribution in [2.75, 3.05) is 11.9 Å². The van der Waals surface area contributed by atoms with Crippen LogP contribution in [0.2, 0.25) is 0 Å². The summed E-state index contributed by atoms with van der Waals surface area (Å²) < 4.78 is 5.81. The molecule has 0 saturated carbocycles. The van der Waals surface area contributed by atoms with Crippen molar-refractivity contribution in [1.29, 1.82) is 10.8 Å². The van der Waals surface area contributed by atoms with E-state index < -0.39 is 11.6 Å². The molecule has 0 fully saturated rings. The van der Waals surface area contributed by atoms with Crippen LogP contribution in [0.15, 0.2) is 41.5 Å². The molecule has 0 radical (unpaired) electrons. The molecule has 0 spiro atoms. The van der Waals surface area contributed by atoms with E-state index in [4.69, 9.17) is 15.6 Å². The van der Waals surface area contributed by atoms with Crippen molar-refractivity contribution in [2.45, 2.75) is 20.8 Å². The number of anilines is 1. The molecule has 146 valence electrons. The van der Waals surface area contributed by atoms with Crippen LogP contribution < -0.4 is 10.1 Å². The number of nitrogens with one attached hydrogen (secondary N) is 3. The number of carbonyl (C=O) groups excluding carboxylic acids is 1. The normalized spacial score (nSPS) is 11.3. The lowest BCUT2D eigenvalue weighted by Crippen LogP contribution is -2.22. The van der Waals surface area contributed by atoms with Gasteiger partial charge in [0.2, 0.25) is 0 Å². The van der Waals surface area contributed by atoms with Gasteiger partial charge in [-0.1, -0.05) is 12.1 Å². The molecule has 8 nitrogen and oxygen atoms in total. The van der Waals surface area contributed by atoms with E-state index in [1.54, 1.807) is 36.7 Å². The summed E-state index contributed by atoms with van der Waals surface area (Å²) in [6.45, 7) is 6.40. The van der Waals surface area contributed by atoms with Crippen LogP contribution >= 0.6 is 0 Å². The van der Waals surface area contributed by atoms with Crippen LogP contribution in [0, 0.1) is 17.7 Å². The fraction of sp³-hybridized carbons (Fsp3) is 0.200. The quantitative estimate of drug-likeness (QED) is 0.600. The molecule has 0 unspecified atom stereocenters. The molecule has 1 aromatic heterocycles. The third kappa shape index (κ3) is 5.41. The van der Waals surface area contributed by atoms with Gasteiger partial charge >= 0.3 is 6.01 Å². The van der Waals surface area contributed by atoms with E-state index in [-0.39, 0.29) is 7.44 Å². The molecule has 1 amide bonds. The number of benzene rings is 1. The number of rotatable bonds is 8. The van der Waals surface area contributed by atoms with Gasteiger partial charge in [-0.3, -0.25) is 15.2 Å². The summed E-state index contributed by atoms with van der Waals surface area (Å²) in [5.41, 5.74) is 2.38. The van der Waals surface area contributed by atoms with Crippen molar-refractivity contribution < 1.29 is 11.0 Å². The van der Waals surface area contributed by atoms with Gasteiger partial charge < -0.3 is 15.5 Å². The third-order valence-electron chi connectivity index (χ3n) is 3.69. The SMILES string of the molecule is C/C=C(\C=NCC)c1ccnc(Oc2cc(NC(=O)C(=N)C=N)ccc2C)n1.[HH]. The van der Waals surface area contributed by atoms with E-state index in [1.807, 2.05) is 26.8 Å². The minimum atomic E-state index is -0.670. The first-order valence-corrected chi connectivity index (χ1v) is 8.67. The lowest BCUT2D eigenvalue weighted by molar-refractivity contribution is -0.110. The Morgan fingerprint density at radius 3 is 2.86 bits per heavy atom. The van der Waals surface area contributed by atoms with Gasteiger partial charge in [-0.25, -0.2) is 4.98 Å². The van der Waals surface area contributed by atoms with Crippen LogP contribution in [-0.4, -0.2) is 40.6 Å². The highest BCUT2D eigenvalue weighted by molar-refractivity contribution is 6.61. The van der Waals surface area contributed by atoms with E-state index in [2.05, 4.69) is 20.3 Å². The third-order valence-corrected chi connectivity index (χ3v) is 3.69. The van der Waals surface area contributed by atoms with Crippen LogP contribution in [-0.2, 0) is 4.79 Å². The Kier molecular flexibility index (Phi) is 7.27. The number of aryl methyl sites for hydroxylation is 1. The number of amides is 1. The zero-order chi connectivity index (χ0) is 20.5. The van der Waals surface area contributed by atoms with E-state index in [0.29, 0.717) is 29.9 Å². The molecule has 0 bridgehead atoms. The monoisotopic (exact) mass is 380 g/mol. The fourth-order valence-corrected chi connectivity index (χ4v) is 2.18. The minimum Gasteiger partial charge on any atom is -0.424 e. The Balaban J connectivity index is 0.00000420. The van der Waals surface area contributed by atoms with Crippen LogP contribution in [0.5, 0.6) is 11.8 Å². The fourth-order valence-electron chi connectivity index (χ4n) is 2.18. The van der Waals surface area contributed by atoms with Gasteiger partial charge in [0, 0.05) is 43.9 Å². The van der Waals surface area contributed by atoms with Crippen molar-refractivity contribution in [3.05, 3.63) is 47.8 Å². The predicted octanol–water partition coefficient (Wildman–Crippen LogP) is 3.93. The number of aliphatic imine (C=N–C) groups is 1. The molecule has 0 aliphatic carbocycles. The first-order valence-electron chi connectivity index (χ1n) is 8.67. The summed E-state index contributed by atoms with van der Waals surface area (Å²) in [5, 5.41) is 16.9. The highest BCUT2D eigenvalue weighted by atomic mass is 16.5. The van der Waals surface area contributed by atoms with Crippen molar-refractivity contribution in [2.24, 2.45) is 4.99 Å². The maximum absolute atomic E-state index is 11.8. The Hall–Kier alpha value is -3.68. The second-order valence-corrected chi connectivity index (χ2v) is 5.69. The van der Waals surface area contributed by atoms with Gasteiger partial charge in [-0.15, -0.1) is 0 Å². The molecule has 1 heterocycles. The van der Waals surface area contributed by atoms with E-state index in [0.717, 1.165) is 11.1 Å². The van der Waals surface area contributed by atoms with Crippen molar-refractivity contribution in [3.8, 4) is 11.8 Å².